The molecule has 0 amide bonds. The van der Waals surface area contributed by atoms with Crippen LogP contribution in [0, 0.1) is 0 Å². The summed E-state index contributed by atoms with van der Waals surface area (Å²) in [5.74, 6) is 1.68. The molecule has 0 aliphatic carbocycles. The third kappa shape index (κ3) is 3.68. The number of hydrogen-bond donors (Lipinski definition) is 1. The number of aromatic amines is 1. The zero-order chi connectivity index (χ0) is 20.5. The van der Waals surface area contributed by atoms with Crippen LogP contribution in [0.1, 0.15) is 29.5 Å². The summed E-state index contributed by atoms with van der Waals surface area (Å²) in [6.07, 6.45) is 5.67. The van der Waals surface area contributed by atoms with Gasteiger partial charge in [0.2, 0.25) is 0 Å². The van der Waals surface area contributed by atoms with Crippen molar-refractivity contribution in [3.05, 3.63) is 59.3 Å². The topological polar surface area (TPSA) is 40.7 Å². The minimum absolute atomic E-state index is 0.616. The number of fused-ring (bicyclic) bond motifs is 2. The third-order valence-corrected chi connectivity index (χ3v) is 6.82. The van der Waals surface area contributed by atoms with E-state index in [1.54, 1.807) is 14.2 Å². The molecule has 1 saturated heterocycles. The molecule has 30 heavy (non-hydrogen) atoms. The summed E-state index contributed by atoms with van der Waals surface area (Å²) in [5.41, 5.74) is 5.44. The predicted octanol–water partition coefficient (Wildman–Crippen LogP) is 4.21. The second-order valence-corrected chi connectivity index (χ2v) is 8.58. The Balaban J connectivity index is 1.29. The van der Waals surface area contributed by atoms with Gasteiger partial charge in [0.1, 0.15) is 0 Å². The molecule has 3 heterocycles. The number of piperidine rings is 1. The first-order valence-electron chi connectivity index (χ1n) is 11.0. The number of ether oxygens (including phenoxy) is 2. The van der Waals surface area contributed by atoms with Crippen LogP contribution in [0.3, 0.4) is 0 Å². The van der Waals surface area contributed by atoms with Gasteiger partial charge in [-0.05, 0) is 66.8 Å². The van der Waals surface area contributed by atoms with Crippen molar-refractivity contribution in [2.24, 2.45) is 0 Å². The lowest BCUT2D eigenvalue weighted by Gasteiger charge is -2.41. The van der Waals surface area contributed by atoms with Crippen LogP contribution in [0.2, 0.25) is 0 Å². The van der Waals surface area contributed by atoms with Crippen molar-refractivity contribution in [3.63, 3.8) is 0 Å². The summed E-state index contributed by atoms with van der Waals surface area (Å²) in [6.45, 7) is 5.48. The molecule has 2 aliphatic heterocycles. The van der Waals surface area contributed by atoms with Crippen molar-refractivity contribution in [1.82, 2.24) is 14.8 Å². The monoisotopic (exact) mass is 405 g/mol. The average Bonchev–Trinajstić information content (AvgIpc) is 3.28. The Morgan fingerprint density at radius 3 is 2.70 bits per heavy atom. The van der Waals surface area contributed by atoms with E-state index in [0.29, 0.717) is 6.04 Å². The summed E-state index contributed by atoms with van der Waals surface area (Å²) in [5, 5.41) is 1.35. The molecule has 2 aromatic carbocycles. The lowest BCUT2D eigenvalue weighted by molar-refractivity contribution is 0.0839. The minimum Gasteiger partial charge on any atom is -0.493 e. The molecule has 1 N–H and O–H groups in total. The maximum Gasteiger partial charge on any atom is 0.161 e. The molecule has 1 unspecified atom stereocenters. The van der Waals surface area contributed by atoms with Crippen LogP contribution in [-0.4, -0.2) is 54.7 Å². The van der Waals surface area contributed by atoms with Crippen LogP contribution < -0.4 is 9.47 Å². The predicted molar refractivity (Wildman–Crippen MR) is 120 cm³/mol. The Hall–Kier alpha value is -2.50. The summed E-state index contributed by atoms with van der Waals surface area (Å²) in [6, 6.07) is 13.8. The highest BCUT2D eigenvalue weighted by molar-refractivity contribution is 5.82. The zero-order valence-electron chi connectivity index (χ0n) is 18.0. The summed E-state index contributed by atoms with van der Waals surface area (Å²) in [7, 11) is 3.43. The maximum absolute atomic E-state index is 5.54. The second kappa shape index (κ2) is 8.32. The number of likely N-dealkylation sites (tertiary alicyclic amines) is 1. The van der Waals surface area contributed by atoms with Crippen LogP contribution in [0.5, 0.6) is 11.5 Å². The van der Waals surface area contributed by atoms with Gasteiger partial charge in [-0.25, -0.2) is 0 Å². The van der Waals surface area contributed by atoms with Crippen molar-refractivity contribution in [3.8, 4) is 11.5 Å². The van der Waals surface area contributed by atoms with Gasteiger partial charge < -0.3 is 14.5 Å². The van der Waals surface area contributed by atoms with Gasteiger partial charge in [0.05, 0.1) is 14.2 Å². The molecule has 3 aromatic rings. The molecule has 0 bridgehead atoms. The molecule has 1 aromatic heterocycles. The fourth-order valence-corrected chi connectivity index (χ4v) is 5.22. The molecule has 5 heteroatoms. The van der Waals surface area contributed by atoms with Crippen molar-refractivity contribution in [1.29, 1.82) is 0 Å². The summed E-state index contributed by atoms with van der Waals surface area (Å²) >= 11 is 0. The van der Waals surface area contributed by atoms with Crippen LogP contribution in [0.25, 0.3) is 10.9 Å². The number of aromatic nitrogens is 1. The van der Waals surface area contributed by atoms with E-state index in [4.69, 9.17) is 9.47 Å². The highest BCUT2D eigenvalue weighted by Crippen LogP contribution is 2.34. The van der Waals surface area contributed by atoms with Gasteiger partial charge in [0.25, 0.3) is 0 Å². The Kier molecular flexibility index (Phi) is 5.40. The van der Waals surface area contributed by atoms with E-state index in [2.05, 4.69) is 51.2 Å². The van der Waals surface area contributed by atoms with Crippen LogP contribution in [0.15, 0.2) is 42.6 Å². The maximum atomic E-state index is 5.54. The van der Waals surface area contributed by atoms with Crippen LogP contribution in [-0.2, 0) is 19.5 Å². The Bertz CT molecular complexity index is 1030. The van der Waals surface area contributed by atoms with E-state index in [-0.39, 0.29) is 0 Å². The number of hydrogen-bond acceptors (Lipinski definition) is 4. The molecule has 5 rings (SSSR count). The number of H-pyrrole nitrogens is 1. The highest BCUT2D eigenvalue weighted by Gasteiger charge is 2.29. The van der Waals surface area contributed by atoms with E-state index < -0.39 is 0 Å². The zero-order valence-corrected chi connectivity index (χ0v) is 18.0. The number of rotatable bonds is 5. The van der Waals surface area contributed by atoms with Crippen molar-refractivity contribution >= 4 is 10.9 Å². The van der Waals surface area contributed by atoms with E-state index in [9.17, 15) is 0 Å². The Morgan fingerprint density at radius 2 is 1.87 bits per heavy atom. The average molecular weight is 406 g/mol. The fraction of sp³-hybridized carbons (Fsp3) is 0.440. The molecule has 2 aliphatic rings. The van der Waals surface area contributed by atoms with Gasteiger partial charge in [0.15, 0.2) is 11.5 Å². The first-order valence-corrected chi connectivity index (χ1v) is 11.0. The molecule has 0 spiro atoms. The first-order chi connectivity index (χ1) is 14.7. The number of methoxy groups -OCH3 is 2. The number of nitrogens with one attached hydrogen (secondary N) is 1. The van der Waals surface area contributed by atoms with Gasteiger partial charge in [0, 0.05) is 49.3 Å². The molecule has 158 valence electrons. The van der Waals surface area contributed by atoms with Crippen molar-refractivity contribution < 1.29 is 9.47 Å². The molecular formula is C25H31N3O2. The van der Waals surface area contributed by atoms with E-state index >= 15 is 0 Å². The molecule has 1 atom stereocenters. The summed E-state index contributed by atoms with van der Waals surface area (Å²) < 4.78 is 11.0. The van der Waals surface area contributed by atoms with Crippen molar-refractivity contribution in [2.45, 2.75) is 38.4 Å². The number of benzene rings is 2. The molecule has 1 fully saturated rings. The highest BCUT2D eigenvalue weighted by atomic mass is 16.5. The standard InChI is InChI=1S/C25H31N3O2/c1-29-24-13-18-9-12-28(16-20(18)14-25(24)30-2)21-6-4-11-27(17-21)15-19-5-3-7-23-22(19)8-10-26-23/h3,5,7-8,10,13-14,21,26H,4,6,9,11-12,15-17H2,1-2H3. The van der Waals surface area contributed by atoms with Gasteiger partial charge in [-0.2, -0.15) is 0 Å². The van der Waals surface area contributed by atoms with Crippen molar-refractivity contribution in [2.75, 3.05) is 33.9 Å². The SMILES string of the molecule is COc1cc2c(cc1OC)CN(C1CCCN(Cc3cccc4[nH]ccc34)C1)CC2. The largest absolute Gasteiger partial charge is 0.493 e. The number of nitrogens with zero attached hydrogens (tertiary/aromatic N) is 2. The van der Waals surface area contributed by atoms with Crippen LogP contribution in [0.4, 0.5) is 0 Å². The van der Waals surface area contributed by atoms with Gasteiger partial charge >= 0.3 is 0 Å². The minimum atomic E-state index is 0.616. The lowest BCUT2D eigenvalue weighted by atomic mass is 9.95. The molecule has 0 radical (unpaired) electrons. The second-order valence-electron chi connectivity index (χ2n) is 8.58. The third-order valence-electron chi connectivity index (χ3n) is 6.82. The summed E-state index contributed by atoms with van der Waals surface area (Å²) in [4.78, 5) is 8.66. The Labute approximate surface area is 178 Å². The van der Waals surface area contributed by atoms with E-state index in [1.807, 2.05) is 6.20 Å². The fourth-order valence-electron chi connectivity index (χ4n) is 5.22. The van der Waals surface area contributed by atoms with E-state index in [0.717, 1.165) is 44.1 Å². The molecule has 0 saturated carbocycles. The van der Waals surface area contributed by atoms with Gasteiger partial charge in [-0.15, -0.1) is 0 Å². The first kappa shape index (κ1) is 19.5. The quantitative estimate of drug-likeness (QED) is 0.690. The van der Waals surface area contributed by atoms with Gasteiger partial charge in [-0.3, -0.25) is 9.80 Å². The lowest BCUT2D eigenvalue weighted by Crippen LogP contribution is -2.49. The molecule has 5 nitrogen and oxygen atoms in total. The smallest absolute Gasteiger partial charge is 0.161 e. The van der Waals surface area contributed by atoms with E-state index in [1.165, 1.54) is 47.0 Å². The van der Waals surface area contributed by atoms with Crippen LogP contribution >= 0.6 is 0 Å². The Morgan fingerprint density at radius 1 is 1.03 bits per heavy atom. The van der Waals surface area contributed by atoms with Gasteiger partial charge in [-0.1, -0.05) is 12.1 Å². The molecular weight excluding hydrogens is 374 g/mol. The normalized spacial score (nSPS) is 20.3.